The lowest BCUT2D eigenvalue weighted by atomic mass is 10.2. The summed E-state index contributed by atoms with van der Waals surface area (Å²) in [7, 11) is 0. The highest BCUT2D eigenvalue weighted by Gasteiger charge is 2.22. The smallest absolute Gasteiger partial charge is 0.421 e. The van der Waals surface area contributed by atoms with Crippen LogP contribution in [-0.2, 0) is 0 Å². The zero-order valence-corrected chi connectivity index (χ0v) is 5.58. The van der Waals surface area contributed by atoms with Gasteiger partial charge < -0.3 is 10.4 Å². The Morgan fingerprint density at radius 3 is 2.90 bits per heavy atom. The minimum Gasteiger partial charge on any atom is -0.464 e. The van der Waals surface area contributed by atoms with Crippen LogP contribution in [0.1, 0.15) is 6.42 Å². The summed E-state index contributed by atoms with van der Waals surface area (Å²) in [4.78, 5) is 10.3. The fraction of sp³-hybridized carbons (Fsp3) is 0.800. The Labute approximate surface area is 58.8 Å². The van der Waals surface area contributed by atoms with Crippen molar-refractivity contribution in [3.05, 3.63) is 0 Å². The molecule has 1 aliphatic heterocycles. The van der Waals surface area contributed by atoms with Crippen LogP contribution in [0, 0.1) is 0 Å². The Kier molecular flexibility index (Phi) is 2.08. The number of amides is 1. The van der Waals surface area contributed by atoms with E-state index in [1.54, 1.807) is 0 Å². The highest BCUT2D eigenvalue weighted by molar-refractivity contribution is 5.64. The number of hydrazine groups is 1. The number of nitrogens with two attached hydrogens (primary N) is 1. The van der Waals surface area contributed by atoms with Gasteiger partial charge in [-0.2, -0.15) is 0 Å². The fourth-order valence-corrected chi connectivity index (χ4v) is 1.03. The molecule has 0 saturated carbocycles. The van der Waals surface area contributed by atoms with Crippen LogP contribution in [0.15, 0.2) is 0 Å². The summed E-state index contributed by atoms with van der Waals surface area (Å²) in [5, 5.41) is 12.3. The average Bonchev–Trinajstić information content (AvgIpc) is 2.36. The third kappa shape index (κ3) is 1.37. The Hall–Kier alpha value is -0.810. The average molecular weight is 145 g/mol. The second-order valence-corrected chi connectivity index (χ2v) is 2.34. The molecule has 5 heteroatoms. The SMILES string of the molecule is NN(C(=O)O)[C@H]1CCNC1. The van der Waals surface area contributed by atoms with E-state index >= 15 is 0 Å². The first kappa shape index (κ1) is 7.30. The Balaban J connectivity index is 2.39. The molecular weight excluding hydrogens is 134 g/mol. The van der Waals surface area contributed by atoms with Gasteiger partial charge in [-0.1, -0.05) is 0 Å². The normalized spacial score (nSPS) is 24.7. The number of hydrogen-bond acceptors (Lipinski definition) is 3. The molecule has 5 nitrogen and oxygen atoms in total. The third-order valence-corrected chi connectivity index (χ3v) is 1.65. The molecule has 0 aromatic rings. The van der Waals surface area contributed by atoms with E-state index < -0.39 is 6.09 Å². The maximum absolute atomic E-state index is 10.3. The van der Waals surface area contributed by atoms with Crippen molar-refractivity contribution in [3.63, 3.8) is 0 Å². The molecule has 1 fully saturated rings. The summed E-state index contributed by atoms with van der Waals surface area (Å²) in [6, 6.07) is -0.0440. The molecule has 0 bridgehead atoms. The quantitative estimate of drug-likeness (QED) is 0.256. The van der Waals surface area contributed by atoms with Crippen molar-refractivity contribution in [1.29, 1.82) is 0 Å². The van der Waals surface area contributed by atoms with Gasteiger partial charge in [-0.3, -0.25) is 0 Å². The summed E-state index contributed by atoms with van der Waals surface area (Å²) in [5.41, 5.74) is 0. The minimum absolute atomic E-state index is 0.0440. The van der Waals surface area contributed by atoms with E-state index in [0.29, 0.717) is 6.54 Å². The zero-order valence-electron chi connectivity index (χ0n) is 5.58. The second kappa shape index (κ2) is 2.85. The molecule has 0 aromatic heterocycles. The van der Waals surface area contributed by atoms with Crippen molar-refractivity contribution in [2.24, 2.45) is 5.84 Å². The van der Waals surface area contributed by atoms with Crippen molar-refractivity contribution >= 4 is 6.09 Å². The maximum Gasteiger partial charge on any atom is 0.421 e. The summed E-state index contributed by atoms with van der Waals surface area (Å²) in [6.45, 7) is 1.52. The molecule has 1 rings (SSSR count). The van der Waals surface area contributed by atoms with Crippen molar-refractivity contribution in [1.82, 2.24) is 10.3 Å². The summed E-state index contributed by atoms with van der Waals surface area (Å²) < 4.78 is 0. The predicted molar refractivity (Wildman–Crippen MR) is 35.3 cm³/mol. The number of rotatable bonds is 1. The van der Waals surface area contributed by atoms with E-state index in [9.17, 15) is 4.79 Å². The molecule has 0 aromatic carbocycles. The van der Waals surface area contributed by atoms with E-state index in [4.69, 9.17) is 10.9 Å². The van der Waals surface area contributed by atoms with Crippen LogP contribution >= 0.6 is 0 Å². The molecule has 1 saturated heterocycles. The van der Waals surface area contributed by atoms with E-state index in [0.717, 1.165) is 18.0 Å². The van der Waals surface area contributed by atoms with E-state index in [-0.39, 0.29) is 6.04 Å². The van der Waals surface area contributed by atoms with E-state index in [1.165, 1.54) is 0 Å². The number of carboxylic acid groups (broad SMARTS) is 1. The van der Waals surface area contributed by atoms with Crippen molar-refractivity contribution < 1.29 is 9.90 Å². The summed E-state index contributed by atoms with van der Waals surface area (Å²) >= 11 is 0. The van der Waals surface area contributed by atoms with Crippen LogP contribution in [0.25, 0.3) is 0 Å². The molecule has 1 aliphatic rings. The topological polar surface area (TPSA) is 78.6 Å². The molecule has 0 spiro atoms. The zero-order chi connectivity index (χ0) is 7.56. The molecule has 1 heterocycles. The Morgan fingerprint density at radius 1 is 1.80 bits per heavy atom. The first-order valence-corrected chi connectivity index (χ1v) is 3.19. The van der Waals surface area contributed by atoms with Crippen molar-refractivity contribution in [2.75, 3.05) is 13.1 Å². The van der Waals surface area contributed by atoms with Crippen molar-refractivity contribution in [2.45, 2.75) is 12.5 Å². The fourth-order valence-electron chi connectivity index (χ4n) is 1.03. The number of hydrogen-bond donors (Lipinski definition) is 3. The van der Waals surface area contributed by atoms with E-state index in [1.807, 2.05) is 0 Å². The maximum atomic E-state index is 10.3. The molecule has 10 heavy (non-hydrogen) atoms. The Morgan fingerprint density at radius 2 is 2.50 bits per heavy atom. The number of nitrogens with one attached hydrogen (secondary N) is 1. The van der Waals surface area contributed by atoms with Gasteiger partial charge in [0.05, 0.1) is 6.04 Å². The summed E-state index contributed by atoms with van der Waals surface area (Å²) in [5.74, 6) is 5.22. The molecule has 4 N–H and O–H groups in total. The molecule has 1 amide bonds. The van der Waals surface area contributed by atoms with Gasteiger partial charge in [0, 0.05) is 6.54 Å². The third-order valence-electron chi connectivity index (χ3n) is 1.65. The molecule has 0 radical (unpaired) electrons. The van der Waals surface area contributed by atoms with Crippen molar-refractivity contribution in [3.8, 4) is 0 Å². The van der Waals surface area contributed by atoms with Gasteiger partial charge in [0.15, 0.2) is 0 Å². The van der Waals surface area contributed by atoms with Gasteiger partial charge in [0.2, 0.25) is 0 Å². The van der Waals surface area contributed by atoms with Crippen LogP contribution in [0.5, 0.6) is 0 Å². The first-order chi connectivity index (χ1) is 4.72. The molecule has 58 valence electrons. The van der Waals surface area contributed by atoms with Crippen LogP contribution in [-0.4, -0.2) is 35.3 Å². The molecule has 0 aliphatic carbocycles. The van der Waals surface area contributed by atoms with Crippen LogP contribution < -0.4 is 11.2 Å². The largest absolute Gasteiger partial charge is 0.464 e. The lowest BCUT2D eigenvalue weighted by Gasteiger charge is -2.18. The Bertz CT molecular complexity index is 133. The van der Waals surface area contributed by atoms with Crippen LogP contribution in [0.4, 0.5) is 4.79 Å². The van der Waals surface area contributed by atoms with Gasteiger partial charge in [-0.05, 0) is 13.0 Å². The molecule has 0 unspecified atom stereocenters. The van der Waals surface area contributed by atoms with Gasteiger partial charge in [0.25, 0.3) is 0 Å². The summed E-state index contributed by atoms with van der Waals surface area (Å²) in [6.07, 6.45) is -0.253. The minimum atomic E-state index is -1.06. The number of nitrogens with zero attached hydrogens (tertiary/aromatic N) is 1. The van der Waals surface area contributed by atoms with Gasteiger partial charge in [-0.25, -0.2) is 15.6 Å². The van der Waals surface area contributed by atoms with Gasteiger partial charge in [0.1, 0.15) is 0 Å². The second-order valence-electron chi connectivity index (χ2n) is 2.34. The highest BCUT2D eigenvalue weighted by atomic mass is 16.4. The highest BCUT2D eigenvalue weighted by Crippen LogP contribution is 2.03. The first-order valence-electron chi connectivity index (χ1n) is 3.19. The lowest BCUT2D eigenvalue weighted by molar-refractivity contribution is 0.128. The van der Waals surface area contributed by atoms with Crippen LogP contribution in [0.3, 0.4) is 0 Å². The van der Waals surface area contributed by atoms with Gasteiger partial charge >= 0.3 is 6.09 Å². The van der Waals surface area contributed by atoms with Crippen LogP contribution in [0.2, 0.25) is 0 Å². The number of carbonyl (C=O) groups is 1. The standard InChI is InChI=1S/C5H11N3O2/c6-8(5(9)10)4-1-2-7-3-4/h4,7H,1-3,6H2,(H,9,10)/t4-/m0/s1. The monoisotopic (exact) mass is 145 g/mol. The van der Waals surface area contributed by atoms with Gasteiger partial charge in [-0.15, -0.1) is 0 Å². The molecular formula is C5H11N3O2. The molecule has 1 atom stereocenters. The predicted octanol–water partition coefficient (Wildman–Crippen LogP) is -0.798. The van der Waals surface area contributed by atoms with E-state index in [2.05, 4.69) is 5.32 Å². The lowest BCUT2D eigenvalue weighted by Crippen LogP contribution is -2.45.